The molecule has 0 amide bonds. The van der Waals surface area contributed by atoms with E-state index in [-0.39, 0.29) is 29.7 Å². The van der Waals surface area contributed by atoms with Crippen LogP contribution in [0.1, 0.15) is 152 Å². The zero-order valence-corrected chi connectivity index (χ0v) is 49.5. The van der Waals surface area contributed by atoms with E-state index in [0.29, 0.717) is 5.92 Å². The van der Waals surface area contributed by atoms with Crippen LogP contribution >= 0.6 is 34.1 Å². The Balaban J connectivity index is 0.000000434. The van der Waals surface area contributed by atoms with Crippen molar-refractivity contribution in [3.8, 4) is 0 Å². The van der Waals surface area contributed by atoms with Crippen molar-refractivity contribution in [2.24, 2.45) is 35.5 Å². The van der Waals surface area contributed by atoms with Crippen LogP contribution in [0.2, 0.25) is 0 Å². The minimum atomic E-state index is -0.826. The van der Waals surface area contributed by atoms with E-state index >= 15 is 0 Å². The van der Waals surface area contributed by atoms with E-state index < -0.39 is 41.7 Å². The second kappa shape index (κ2) is 37.1. The Morgan fingerprint density at radius 1 is 0.455 bits per heavy atom. The van der Waals surface area contributed by atoms with Crippen molar-refractivity contribution >= 4 is 55.6 Å². The quantitative estimate of drug-likeness (QED) is 0.154. The first kappa shape index (κ1) is 63.3. The number of halogens is 4. The van der Waals surface area contributed by atoms with Gasteiger partial charge in [0.15, 0.2) is 0 Å². The van der Waals surface area contributed by atoms with Crippen molar-refractivity contribution in [2.45, 2.75) is 141 Å². The van der Waals surface area contributed by atoms with E-state index in [1.807, 2.05) is 0 Å². The van der Waals surface area contributed by atoms with Crippen LogP contribution in [0.5, 0.6) is 0 Å². The molecule has 0 spiro atoms. The molecule has 10 rings (SSSR count). The molecule has 0 radical (unpaired) electrons. The van der Waals surface area contributed by atoms with Gasteiger partial charge in [0.2, 0.25) is 0 Å². The number of unbranched alkanes of at least 4 members (excludes halogenated alkanes) is 2. The molecule has 0 saturated heterocycles. The zero-order chi connectivity index (χ0) is 43.8. The van der Waals surface area contributed by atoms with Crippen molar-refractivity contribution in [3.05, 3.63) is 174 Å². The molecule has 0 N–H and O–H groups in total. The molecule has 6 aliphatic rings. The summed E-state index contributed by atoms with van der Waals surface area (Å²) in [6, 6.07) is 31.2. The summed E-state index contributed by atoms with van der Waals surface area (Å²) in [6.07, 6.45) is 44.5. The van der Waals surface area contributed by atoms with E-state index in [9.17, 15) is 0 Å². The molecule has 0 bridgehead atoms. The van der Waals surface area contributed by atoms with Gasteiger partial charge in [0, 0.05) is 0 Å². The molecule has 360 valence electrons. The molecule has 6 heteroatoms. The van der Waals surface area contributed by atoms with Crippen molar-refractivity contribution < 1.29 is 41.7 Å². The van der Waals surface area contributed by atoms with Gasteiger partial charge in [0.05, 0.1) is 0 Å². The third-order valence-corrected chi connectivity index (χ3v) is 14.4. The van der Waals surface area contributed by atoms with Crippen LogP contribution in [-0.4, -0.2) is 0 Å². The Labute approximate surface area is 444 Å². The van der Waals surface area contributed by atoms with Gasteiger partial charge >= 0.3 is 75.7 Å². The van der Waals surface area contributed by atoms with Crippen LogP contribution in [0.25, 0.3) is 21.5 Å². The van der Waals surface area contributed by atoms with Crippen molar-refractivity contribution in [1.29, 1.82) is 0 Å². The Morgan fingerprint density at radius 3 is 1.30 bits per heavy atom. The fraction of sp³-hybridized carbons (Fsp3) is 0.467. The minimum absolute atomic E-state index is 0. The number of hydrogen-bond donors (Lipinski definition) is 0. The Kier molecular flexibility index (Phi) is 35.6. The molecule has 4 unspecified atom stereocenters. The number of hydrogen-bond acceptors (Lipinski definition) is 0. The van der Waals surface area contributed by atoms with Crippen LogP contribution in [0, 0.1) is 65.2 Å². The first-order chi connectivity index (χ1) is 30.5. The first-order valence-corrected chi connectivity index (χ1v) is 36.8. The van der Waals surface area contributed by atoms with Crippen molar-refractivity contribution in [2.75, 3.05) is 0 Å². The molecule has 0 aliphatic heterocycles. The third-order valence-electron chi connectivity index (χ3n) is 14.4. The summed E-state index contributed by atoms with van der Waals surface area (Å²) in [5.74, 6) is 6.72. The normalized spacial score (nSPS) is 22.6. The summed E-state index contributed by atoms with van der Waals surface area (Å²) in [5.41, 5.74) is 3.07. The maximum absolute atomic E-state index is 4.93. The van der Waals surface area contributed by atoms with Gasteiger partial charge in [-0.2, -0.15) is 0 Å². The molecular formula is C60H84Cl4Zr2. The van der Waals surface area contributed by atoms with Crippen LogP contribution < -0.4 is 0 Å². The van der Waals surface area contributed by atoms with Crippen molar-refractivity contribution in [3.63, 3.8) is 0 Å². The molecule has 0 aromatic heterocycles. The van der Waals surface area contributed by atoms with Crippen LogP contribution in [0.15, 0.2) is 134 Å². The monoisotopic (exact) mass is 1120 g/mol. The second-order valence-corrected chi connectivity index (χ2v) is 25.9. The molecule has 4 aromatic carbocycles. The van der Waals surface area contributed by atoms with E-state index in [1.54, 1.807) is 5.56 Å². The van der Waals surface area contributed by atoms with E-state index in [4.69, 9.17) is 34.1 Å². The van der Waals surface area contributed by atoms with Gasteiger partial charge in [-0.25, -0.2) is 0 Å². The van der Waals surface area contributed by atoms with Gasteiger partial charge in [-0.1, -0.05) is 237 Å². The average molecular weight is 1130 g/mol. The summed E-state index contributed by atoms with van der Waals surface area (Å²) < 4.78 is 0. The van der Waals surface area contributed by atoms with Gasteiger partial charge in [0.1, 0.15) is 0 Å². The van der Waals surface area contributed by atoms with Gasteiger partial charge in [0.25, 0.3) is 0 Å². The Bertz CT molecular complexity index is 1890. The van der Waals surface area contributed by atoms with Gasteiger partial charge in [-0.3, -0.25) is 0 Å². The molecule has 0 nitrogen and oxygen atoms in total. The summed E-state index contributed by atoms with van der Waals surface area (Å²) in [4.78, 5) is 0. The molecule has 4 aromatic rings. The fourth-order valence-electron chi connectivity index (χ4n) is 11.1. The Hall–Kier alpha value is -0.714. The fourth-order valence-corrected chi connectivity index (χ4v) is 11.1. The van der Waals surface area contributed by atoms with E-state index in [0.717, 1.165) is 41.4 Å². The molecule has 0 heterocycles. The molecular weight excluding hydrogens is 1040 g/mol. The number of fused-ring (bicyclic) bond motifs is 4. The molecule has 6 aliphatic carbocycles. The SMILES string of the molecule is C1=CC2CC(c3ccc4ccccc4c3)CC2C=C1.C1=CC2CC(c3cccc4ccccc34)CC2C=C1.CCCCC1CCCC1.CCCCC1CCCC1.[CH3-].[CH3-].[CH3-].[CH3-].[Cl][Zr+2][Cl].[Cl][Zr+2][Cl]. The summed E-state index contributed by atoms with van der Waals surface area (Å²) in [5, 5.41) is 5.55. The summed E-state index contributed by atoms with van der Waals surface area (Å²) in [7, 11) is 19.7. The van der Waals surface area contributed by atoms with Crippen LogP contribution in [-0.2, 0) is 41.7 Å². The number of benzene rings is 4. The molecule has 4 fully saturated rings. The number of allylic oxidation sites excluding steroid dienone is 8. The zero-order valence-electron chi connectivity index (χ0n) is 41.6. The molecule has 4 saturated carbocycles. The third kappa shape index (κ3) is 20.9. The number of rotatable bonds is 8. The Morgan fingerprint density at radius 2 is 0.848 bits per heavy atom. The van der Waals surface area contributed by atoms with E-state index in [1.165, 1.54) is 143 Å². The summed E-state index contributed by atoms with van der Waals surface area (Å²) in [6.45, 7) is 4.57. The van der Waals surface area contributed by atoms with Gasteiger partial charge in [-0.05, 0) is 106 Å². The topological polar surface area (TPSA) is 0 Å². The van der Waals surface area contributed by atoms with Crippen LogP contribution in [0.4, 0.5) is 0 Å². The van der Waals surface area contributed by atoms with Gasteiger partial charge in [-0.15, -0.1) is 0 Å². The van der Waals surface area contributed by atoms with Crippen molar-refractivity contribution in [1.82, 2.24) is 0 Å². The molecule has 4 atom stereocenters. The standard InChI is InChI=1S/2C19H18.2C9H18.4CH3.4ClH.2Zr/c1-2-8-16-13-17(12-15(16)7-1)19-11-5-9-14-6-3-4-10-18(14)19;1-2-6-15-11-18(10-9-14(15)5-1)19-12-16-7-3-4-8-17(16)13-19;2*1-2-3-6-9-7-4-5-8-9;;;;;;;;;;/h1-11,15-17H,12-13H2;1-11,16-17,19H,12-13H2;2*9H,2-8H2,1H3;4*1H3;4*1H;;/q;;;;4*-1;;;;;2*+4/p-4. The van der Waals surface area contributed by atoms with E-state index in [2.05, 4.69) is 147 Å². The predicted molar refractivity (Wildman–Crippen MR) is 294 cm³/mol. The van der Waals surface area contributed by atoms with Gasteiger partial charge < -0.3 is 29.7 Å². The molecule has 66 heavy (non-hydrogen) atoms. The summed E-state index contributed by atoms with van der Waals surface area (Å²) >= 11 is -1.65. The predicted octanol–water partition coefficient (Wildman–Crippen LogP) is 21.4. The average Bonchev–Trinajstić information content (AvgIpc) is 4.17. The maximum atomic E-state index is 4.93. The first-order valence-electron chi connectivity index (χ1n) is 24.1. The van der Waals surface area contributed by atoms with Crippen LogP contribution in [0.3, 0.4) is 0 Å². The second-order valence-electron chi connectivity index (χ2n) is 18.4.